The Bertz CT molecular complexity index is 1040. The van der Waals surface area contributed by atoms with E-state index in [2.05, 4.69) is 27.2 Å². The van der Waals surface area contributed by atoms with Crippen LogP contribution in [0, 0.1) is 10.1 Å². The molecule has 0 radical (unpaired) electrons. The van der Waals surface area contributed by atoms with Gasteiger partial charge in [0.05, 0.1) is 4.92 Å². The molecule has 2 fully saturated rings. The average Bonchev–Trinajstić information content (AvgIpc) is 3.57. The molecule has 2 saturated heterocycles. The number of nitro groups is 1. The third kappa shape index (κ3) is 10.1. The number of aromatic nitrogens is 1. The molecule has 1 aromatic heterocycles. The molecule has 13 heteroatoms. The Morgan fingerprint density at radius 1 is 1.14 bits per heavy atom. The van der Waals surface area contributed by atoms with E-state index in [1.165, 1.54) is 45.0 Å². The first-order chi connectivity index (χ1) is 17.2. The van der Waals surface area contributed by atoms with Gasteiger partial charge in [-0.3, -0.25) is 20.2 Å². The Kier molecular flexibility index (Phi) is 12.7. The first-order valence-corrected chi connectivity index (χ1v) is 12.4. The van der Waals surface area contributed by atoms with Crippen LogP contribution < -0.4 is 15.4 Å². The minimum absolute atomic E-state index is 0.0255. The highest BCUT2D eigenvalue weighted by atomic mass is 35.5. The minimum Gasteiger partial charge on any atom is -0.487 e. The maximum absolute atomic E-state index is 12.1. The second-order valence-electron chi connectivity index (χ2n) is 7.86. The van der Waals surface area contributed by atoms with E-state index in [1.807, 2.05) is 0 Å². The predicted molar refractivity (Wildman–Crippen MR) is 140 cm³/mol. The number of amides is 2. The van der Waals surface area contributed by atoms with E-state index in [0.29, 0.717) is 5.82 Å². The molecule has 196 valence electrons. The number of anilines is 1. The third-order valence-electron chi connectivity index (χ3n) is 5.03. The number of nitrogens with zero attached hydrogens (tertiary/aromatic N) is 3. The van der Waals surface area contributed by atoms with Gasteiger partial charge in [-0.1, -0.05) is 23.2 Å². The van der Waals surface area contributed by atoms with E-state index in [0.717, 1.165) is 31.5 Å². The van der Waals surface area contributed by atoms with Gasteiger partial charge in [-0.2, -0.15) is 0 Å². The summed E-state index contributed by atoms with van der Waals surface area (Å²) in [5, 5.41) is 16.3. The first kappa shape index (κ1) is 29.6. The number of halogens is 3. The fourth-order valence-corrected chi connectivity index (χ4v) is 3.74. The van der Waals surface area contributed by atoms with Crippen LogP contribution in [0.25, 0.3) is 0 Å². The van der Waals surface area contributed by atoms with Gasteiger partial charge < -0.3 is 15.0 Å². The van der Waals surface area contributed by atoms with Gasteiger partial charge in [0, 0.05) is 32.3 Å². The highest BCUT2D eigenvalue weighted by Gasteiger charge is 2.20. The number of nitro benzene ring substituents is 1. The van der Waals surface area contributed by atoms with Crippen molar-refractivity contribution in [2.45, 2.75) is 39.2 Å². The summed E-state index contributed by atoms with van der Waals surface area (Å²) in [5.41, 5.74) is 0.456. The SMILES string of the molecule is C1CCNC1.CC(=O)Cl.O=C(Nc1cc(COc2ccc([N+](=O)[O-])c(Cl)c2Cl)ccn1)N1CCCC1. The van der Waals surface area contributed by atoms with Crippen molar-refractivity contribution in [3.8, 4) is 5.75 Å². The highest BCUT2D eigenvalue weighted by Crippen LogP contribution is 2.38. The van der Waals surface area contributed by atoms with Crippen LogP contribution in [0.3, 0.4) is 0 Å². The number of rotatable bonds is 5. The normalized spacial score (nSPS) is 14.2. The lowest BCUT2D eigenvalue weighted by Crippen LogP contribution is -2.32. The van der Waals surface area contributed by atoms with Gasteiger partial charge in [0.15, 0.2) is 0 Å². The Hall–Kier alpha value is -2.66. The van der Waals surface area contributed by atoms with Gasteiger partial charge in [-0.15, -0.1) is 0 Å². The van der Waals surface area contributed by atoms with Crippen LogP contribution in [0.4, 0.5) is 16.3 Å². The molecule has 2 aliphatic rings. The topological polar surface area (TPSA) is 127 Å². The molecule has 1 aromatic carbocycles. The fourth-order valence-electron chi connectivity index (χ4n) is 3.30. The highest BCUT2D eigenvalue weighted by molar-refractivity contribution is 6.62. The number of hydrogen-bond donors (Lipinski definition) is 2. The molecule has 2 N–H and O–H groups in total. The number of nitrogens with one attached hydrogen (secondary N) is 2. The van der Waals surface area contributed by atoms with Crippen molar-refractivity contribution >= 4 is 57.6 Å². The number of ether oxygens (including phenoxy) is 1. The van der Waals surface area contributed by atoms with E-state index < -0.39 is 4.92 Å². The molecule has 2 amide bonds. The molecule has 0 saturated carbocycles. The van der Waals surface area contributed by atoms with Gasteiger partial charge in [-0.25, -0.2) is 9.78 Å². The molecule has 4 rings (SSSR count). The molecule has 10 nitrogen and oxygen atoms in total. The third-order valence-corrected chi connectivity index (χ3v) is 5.88. The second kappa shape index (κ2) is 15.5. The number of hydrogen-bond acceptors (Lipinski definition) is 7. The summed E-state index contributed by atoms with van der Waals surface area (Å²) in [6.45, 7) is 5.41. The number of pyridine rings is 1. The van der Waals surface area contributed by atoms with E-state index in [4.69, 9.17) is 27.9 Å². The maximum Gasteiger partial charge on any atom is 0.323 e. The standard InChI is InChI=1S/C17H16Cl2N4O4.C4H9N.C2H3ClO/c18-15-12(23(25)26)3-4-13(16(15)19)27-10-11-5-6-20-14(9-11)21-17(24)22-7-1-2-8-22;1-2-4-5-3-1;1-2(3)4/h3-6,9H,1-2,7-8,10H2,(H,20,21,24);5H,1-4H2;1H3. The van der Waals surface area contributed by atoms with Crippen molar-refractivity contribution in [1.29, 1.82) is 0 Å². The van der Waals surface area contributed by atoms with Crippen molar-refractivity contribution in [2.75, 3.05) is 31.5 Å². The van der Waals surface area contributed by atoms with Crippen molar-refractivity contribution in [2.24, 2.45) is 0 Å². The van der Waals surface area contributed by atoms with E-state index in [9.17, 15) is 19.7 Å². The molecule has 36 heavy (non-hydrogen) atoms. The quantitative estimate of drug-likeness (QED) is 0.275. The summed E-state index contributed by atoms with van der Waals surface area (Å²) in [6.07, 6.45) is 6.35. The molecule has 0 spiro atoms. The Labute approximate surface area is 224 Å². The lowest BCUT2D eigenvalue weighted by atomic mass is 10.2. The molecular formula is C23H28Cl3N5O5. The summed E-state index contributed by atoms with van der Waals surface area (Å²) in [4.78, 5) is 37.5. The zero-order valence-electron chi connectivity index (χ0n) is 19.8. The Morgan fingerprint density at radius 2 is 1.78 bits per heavy atom. The van der Waals surface area contributed by atoms with Gasteiger partial charge in [0.2, 0.25) is 5.24 Å². The van der Waals surface area contributed by atoms with E-state index in [-0.39, 0.29) is 39.4 Å². The van der Waals surface area contributed by atoms with Crippen molar-refractivity contribution in [3.63, 3.8) is 0 Å². The van der Waals surface area contributed by atoms with Crippen LogP contribution in [-0.2, 0) is 11.4 Å². The number of benzene rings is 1. The molecular weight excluding hydrogens is 533 g/mol. The zero-order chi connectivity index (χ0) is 26.5. The number of carbonyl (C=O) groups excluding carboxylic acids is 2. The molecule has 3 heterocycles. The summed E-state index contributed by atoms with van der Waals surface area (Å²) >= 11 is 16.6. The molecule has 0 aliphatic carbocycles. The molecule has 2 aromatic rings. The van der Waals surface area contributed by atoms with Crippen LogP contribution >= 0.6 is 34.8 Å². The van der Waals surface area contributed by atoms with Gasteiger partial charge in [0.1, 0.15) is 28.2 Å². The van der Waals surface area contributed by atoms with Crippen molar-refractivity contribution < 1.29 is 19.2 Å². The zero-order valence-corrected chi connectivity index (χ0v) is 22.0. The van der Waals surface area contributed by atoms with Gasteiger partial charge in [0.25, 0.3) is 5.69 Å². The van der Waals surface area contributed by atoms with Crippen LogP contribution in [0.1, 0.15) is 38.2 Å². The van der Waals surface area contributed by atoms with Crippen molar-refractivity contribution in [3.05, 3.63) is 56.2 Å². The first-order valence-electron chi connectivity index (χ1n) is 11.3. The number of urea groups is 1. The fraction of sp³-hybridized carbons (Fsp3) is 0.435. The van der Waals surface area contributed by atoms with E-state index >= 15 is 0 Å². The van der Waals surface area contributed by atoms with Crippen LogP contribution in [0.15, 0.2) is 30.5 Å². The molecule has 0 bridgehead atoms. The Balaban J connectivity index is 0.000000429. The number of carbonyl (C=O) groups is 2. The largest absolute Gasteiger partial charge is 0.487 e. The van der Waals surface area contributed by atoms with E-state index in [1.54, 1.807) is 23.2 Å². The average molecular weight is 561 g/mol. The van der Waals surface area contributed by atoms with Crippen molar-refractivity contribution in [1.82, 2.24) is 15.2 Å². The van der Waals surface area contributed by atoms with Crippen LogP contribution in [0.5, 0.6) is 5.75 Å². The molecule has 2 aliphatic heterocycles. The summed E-state index contributed by atoms with van der Waals surface area (Å²) in [6, 6.07) is 5.87. The molecule has 0 atom stereocenters. The van der Waals surface area contributed by atoms with Gasteiger partial charge in [-0.05, 0) is 74.1 Å². The van der Waals surface area contributed by atoms with Crippen LogP contribution in [-0.4, -0.2) is 52.3 Å². The van der Waals surface area contributed by atoms with Crippen LogP contribution in [0.2, 0.25) is 10.0 Å². The van der Waals surface area contributed by atoms with Gasteiger partial charge >= 0.3 is 6.03 Å². The lowest BCUT2D eigenvalue weighted by Gasteiger charge is -2.16. The summed E-state index contributed by atoms with van der Waals surface area (Å²) in [7, 11) is 0. The number of likely N-dealkylation sites (tertiary alicyclic amines) is 1. The second-order valence-corrected chi connectivity index (χ2v) is 9.15. The maximum atomic E-state index is 12.1. The minimum atomic E-state index is -0.615. The lowest BCUT2D eigenvalue weighted by molar-refractivity contribution is -0.384. The summed E-state index contributed by atoms with van der Waals surface area (Å²) in [5.74, 6) is 0.646. The smallest absolute Gasteiger partial charge is 0.323 e. The monoisotopic (exact) mass is 559 g/mol. The molecule has 0 unspecified atom stereocenters. The Morgan fingerprint density at radius 3 is 2.33 bits per heavy atom. The summed E-state index contributed by atoms with van der Waals surface area (Å²) < 4.78 is 5.61. The predicted octanol–water partition coefficient (Wildman–Crippen LogP) is 5.64.